The van der Waals surface area contributed by atoms with Crippen LogP contribution >= 0.6 is 43.6 Å². The van der Waals surface area contributed by atoms with Crippen molar-refractivity contribution in [3.63, 3.8) is 0 Å². The Hall–Kier alpha value is -1.84. The number of halogens is 2. The first-order valence-electron chi connectivity index (χ1n) is 7.94. The molecule has 1 aromatic heterocycles. The molecule has 9 heteroatoms. The van der Waals surface area contributed by atoms with Gasteiger partial charge in [0.1, 0.15) is 5.75 Å². The fraction of sp³-hybridized carbons (Fsp3) is 0.167. The molecule has 6 nitrogen and oxygen atoms in total. The molecule has 0 bridgehead atoms. The van der Waals surface area contributed by atoms with Crippen LogP contribution in [-0.4, -0.2) is 31.9 Å². The average Bonchev–Trinajstić information content (AvgIpc) is 3.09. The number of anilines is 1. The number of phenols is 1. The number of aromatic hydroxyl groups is 1. The molecule has 0 fully saturated rings. The number of nitrogens with one attached hydrogen (secondary N) is 2. The average molecular weight is 512 g/mol. The van der Waals surface area contributed by atoms with Crippen molar-refractivity contribution in [1.82, 2.24) is 15.2 Å². The van der Waals surface area contributed by atoms with Crippen LogP contribution in [0.1, 0.15) is 11.1 Å². The summed E-state index contributed by atoms with van der Waals surface area (Å²) in [4.78, 5) is 16.6. The normalized spacial score (nSPS) is 10.8. The summed E-state index contributed by atoms with van der Waals surface area (Å²) in [6.45, 7) is 4.02. The molecule has 3 N–H and O–H groups in total. The van der Waals surface area contributed by atoms with Crippen molar-refractivity contribution < 1.29 is 9.90 Å². The number of nitrogens with zero attached hydrogens (tertiary/aromatic N) is 2. The lowest BCUT2D eigenvalue weighted by molar-refractivity contribution is -0.113. The second kappa shape index (κ2) is 8.45. The van der Waals surface area contributed by atoms with Crippen LogP contribution in [0, 0.1) is 13.8 Å². The van der Waals surface area contributed by atoms with E-state index in [1.54, 1.807) is 18.2 Å². The number of thioether (sulfide) groups is 1. The van der Waals surface area contributed by atoms with Gasteiger partial charge in [-0.05, 0) is 71.2 Å². The van der Waals surface area contributed by atoms with Crippen molar-refractivity contribution in [3.8, 4) is 17.1 Å². The van der Waals surface area contributed by atoms with Crippen molar-refractivity contribution in [2.45, 2.75) is 19.0 Å². The van der Waals surface area contributed by atoms with Gasteiger partial charge in [-0.25, -0.2) is 4.98 Å². The van der Waals surface area contributed by atoms with E-state index in [4.69, 9.17) is 0 Å². The Morgan fingerprint density at radius 3 is 2.74 bits per heavy atom. The van der Waals surface area contributed by atoms with E-state index in [1.165, 1.54) is 11.8 Å². The fourth-order valence-corrected chi connectivity index (χ4v) is 3.84. The number of aryl methyl sites for hydroxylation is 2. The zero-order valence-corrected chi connectivity index (χ0v) is 18.5. The highest BCUT2D eigenvalue weighted by molar-refractivity contribution is 9.10. The lowest BCUT2D eigenvalue weighted by atomic mass is 10.1. The number of aromatic nitrogens is 3. The van der Waals surface area contributed by atoms with Gasteiger partial charge in [0.15, 0.2) is 5.82 Å². The van der Waals surface area contributed by atoms with Crippen LogP contribution in [0.4, 0.5) is 5.69 Å². The number of phenolic OH excluding ortho intramolecular Hbond substituents is 1. The third-order valence-corrected chi connectivity index (χ3v) is 5.87. The molecule has 0 aliphatic rings. The van der Waals surface area contributed by atoms with Gasteiger partial charge in [0.05, 0.1) is 17.0 Å². The molecule has 3 aromatic rings. The Balaban J connectivity index is 1.64. The Labute approximate surface area is 177 Å². The molecule has 0 atom stereocenters. The Morgan fingerprint density at radius 1 is 1.22 bits per heavy atom. The van der Waals surface area contributed by atoms with Crippen molar-refractivity contribution in [2.75, 3.05) is 11.1 Å². The quantitative estimate of drug-likeness (QED) is 0.417. The standard InChI is InChI=1S/C18H16Br2N4O2S/c1-9-5-13(20)14(6-10(9)2)21-16(26)8-27-18-22-17(23-24-18)12-7-11(19)3-4-15(12)25/h3-7,25H,8H2,1-2H3,(H,21,26)(H,22,23,24). The number of hydrogen-bond acceptors (Lipinski definition) is 5. The first-order valence-corrected chi connectivity index (χ1v) is 10.5. The summed E-state index contributed by atoms with van der Waals surface area (Å²) in [5, 5.41) is 20.2. The molecule has 140 valence electrons. The third-order valence-electron chi connectivity index (χ3n) is 3.87. The van der Waals surface area contributed by atoms with E-state index in [0.29, 0.717) is 16.5 Å². The molecule has 1 heterocycles. The van der Waals surface area contributed by atoms with E-state index in [1.807, 2.05) is 26.0 Å². The maximum absolute atomic E-state index is 12.2. The molecule has 0 aliphatic heterocycles. The first-order chi connectivity index (χ1) is 12.8. The summed E-state index contributed by atoms with van der Waals surface area (Å²) in [5.74, 6) is 0.554. The van der Waals surface area contributed by atoms with Crippen LogP contribution in [0.15, 0.2) is 44.4 Å². The van der Waals surface area contributed by atoms with Crippen LogP contribution in [0.3, 0.4) is 0 Å². The maximum atomic E-state index is 12.2. The van der Waals surface area contributed by atoms with Gasteiger partial charge in [-0.3, -0.25) is 9.89 Å². The molecule has 0 aliphatic carbocycles. The summed E-state index contributed by atoms with van der Waals surface area (Å²) >= 11 is 8.04. The van der Waals surface area contributed by atoms with Crippen molar-refractivity contribution in [1.29, 1.82) is 0 Å². The number of hydrogen-bond donors (Lipinski definition) is 3. The van der Waals surface area contributed by atoms with Crippen LogP contribution in [0.5, 0.6) is 5.75 Å². The van der Waals surface area contributed by atoms with Crippen LogP contribution in [0.2, 0.25) is 0 Å². The van der Waals surface area contributed by atoms with E-state index < -0.39 is 0 Å². The number of aromatic amines is 1. The highest BCUT2D eigenvalue weighted by Crippen LogP contribution is 2.30. The fourth-order valence-electron chi connectivity index (χ4n) is 2.32. The van der Waals surface area contributed by atoms with Crippen LogP contribution < -0.4 is 5.32 Å². The van der Waals surface area contributed by atoms with Gasteiger partial charge in [-0.15, -0.1) is 5.10 Å². The molecular formula is C18H16Br2N4O2S. The Bertz CT molecular complexity index is 1010. The number of carbonyl (C=O) groups excluding carboxylic acids is 1. The van der Waals surface area contributed by atoms with Gasteiger partial charge in [0.25, 0.3) is 0 Å². The SMILES string of the molecule is Cc1cc(Br)c(NC(=O)CSc2n[nH]c(-c3cc(Br)ccc3O)n2)cc1C. The second-order valence-electron chi connectivity index (χ2n) is 5.88. The van der Waals surface area contributed by atoms with Gasteiger partial charge in [0, 0.05) is 8.95 Å². The van der Waals surface area contributed by atoms with E-state index in [2.05, 4.69) is 52.4 Å². The third kappa shape index (κ3) is 4.91. The van der Waals surface area contributed by atoms with Crippen LogP contribution in [-0.2, 0) is 4.79 Å². The monoisotopic (exact) mass is 510 g/mol. The molecule has 1 amide bonds. The topological polar surface area (TPSA) is 90.9 Å². The molecule has 0 spiro atoms. The maximum Gasteiger partial charge on any atom is 0.234 e. The Kier molecular flexibility index (Phi) is 6.23. The number of rotatable bonds is 5. The zero-order chi connectivity index (χ0) is 19.6. The summed E-state index contributed by atoms with van der Waals surface area (Å²) in [6.07, 6.45) is 0. The van der Waals surface area contributed by atoms with E-state index >= 15 is 0 Å². The second-order valence-corrected chi connectivity index (χ2v) is 8.59. The van der Waals surface area contributed by atoms with Gasteiger partial charge >= 0.3 is 0 Å². The highest BCUT2D eigenvalue weighted by atomic mass is 79.9. The number of H-pyrrole nitrogens is 1. The van der Waals surface area contributed by atoms with Gasteiger partial charge in [0.2, 0.25) is 11.1 Å². The lowest BCUT2D eigenvalue weighted by Gasteiger charge is -2.09. The summed E-state index contributed by atoms with van der Waals surface area (Å²) in [6, 6.07) is 8.96. The van der Waals surface area contributed by atoms with Gasteiger partial charge < -0.3 is 10.4 Å². The number of amides is 1. The largest absolute Gasteiger partial charge is 0.507 e. The molecule has 0 saturated heterocycles. The number of carbonyl (C=O) groups is 1. The van der Waals surface area contributed by atoms with Crippen molar-refractivity contribution >= 4 is 55.2 Å². The van der Waals surface area contributed by atoms with Crippen LogP contribution in [0.25, 0.3) is 11.4 Å². The summed E-state index contributed by atoms with van der Waals surface area (Å²) in [7, 11) is 0. The van der Waals surface area contributed by atoms with Gasteiger partial charge in [-0.2, -0.15) is 0 Å². The van der Waals surface area contributed by atoms with Crippen molar-refractivity contribution in [2.24, 2.45) is 0 Å². The minimum Gasteiger partial charge on any atom is -0.507 e. The lowest BCUT2D eigenvalue weighted by Crippen LogP contribution is -2.14. The summed E-state index contributed by atoms with van der Waals surface area (Å²) in [5.41, 5.74) is 3.53. The number of benzene rings is 2. The molecule has 0 saturated carbocycles. The minimum atomic E-state index is -0.152. The van der Waals surface area contributed by atoms with E-state index in [-0.39, 0.29) is 17.4 Å². The Morgan fingerprint density at radius 2 is 1.96 bits per heavy atom. The molecule has 0 unspecified atom stereocenters. The molecule has 0 radical (unpaired) electrons. The minimum absolute atomic E-state index is 0.100. The first kappa shape index (κ1) is 19.9. The predicted molar refractivity (Wildman–Crippen MR) is 114 cm³/mol. The zero-order valence-electron chi connectivity index (χ0n) is 14.5. The van der Waals surface area contributed by atoms with E-state index in [9.17, 15) is 9.90 Å². The smallest absolute Gasteiger partial charge is 0.234 e. The molecule has 3 rings (SSSR count). The van der Waals surface area contributed by atoms with Gasteiger partial charge in [-0.1, -0.05) is 27.7 Å². The molecule has 27 heavy (non-hydrogen) atoms. The molecule has 2 aromatic carbocycles. The summed E-state index contributed by atoms with van der Waals surface area (Å²) < 4.78 is 1.66. The predicted octanol–water partition coefficient (Wildman–Crippen LogP) is 5.05. The van der Waals surface area contributed by atoms with E-state index in [0.717, 1.165) is 25.8 Å². The highest BCUT2D eigenvalue weighted by Gasteiger charge is 2.13. The molecular weight excluding hydrogens is 496 g/mol. The van der Waals surface area contributed by atoms with Crippen molar-refractivity contribution in [3.05, 3.63) is 50.4 Å².